The van der Waals surface area contributed by atoms with Crippen molar-refractivity contribution in [3.05, 3.63) is 53.4 Å². The minimum Gasteiger partial charge on any atom is -0.481 e. The molecule has 0 aliphatic rings. The molecule has 0 aliphatic carbocycles. The van der Waals surface area contributed by atoms with Gasteiger partial charge in [0.05, 0.1) is 12.4 Å². The molecule has 0 aliphatic heterocycles. The van der Waals surface area contributed by atoms with E-state index in [2.05, 4.69) is 25.3 Å². The number of benzene rings is 1. The van der Waals surface area contributed by atoms with Crippen LogP contribution in [0.25, 0.3) is 22.8 Å². The number of aromatic nitrogens is 6. The molecule has 3 aromatic heterocycles. The van der Waals surface area contributed by atoms with Crippen LogP contribution in [0.3, 0.4) is 0 Å². The molecule has 0 amide bonds. The molecule has 10 heteroatoms. The first-order valence-electron chi connectivity index (χ1n) is 9.29. The molecule has 1 atom stereocenters. The second kappa shape index (κ2) is 8.85. The zero-order valence-electron chi connectivity index (χ0n) is 16.6. The van der Waals surface area contributed by atoms with Crippen LogP contribution in [0.15, 0.2) is 52.3 Å². The Kier molecular flexibility index (Phi) is 6.01. The minimum absolute atomic E-state index is 0.0852. The maximum absolute atomic E-state index is 6.05. The molecular weight excluding hydrogens is 424 g/mol. The van der Waals surface area contributed by atoms with Crippen LogP contribution in [0.1, 0.15) is 24.9 Å². The lowest BCUT2D eigenvalue weighted by atomic mass is 10.2. The highest BCUT2D eigenvalue weighted by molar-refractivity contribution is 7.99. The monoisotopic (exact) mass is 442 g/mol. The molecule has 1 aromatic carbocycles. The molecule has 3 heterocycles. The molecular formula is C20H19ClN6O2S. The Morgan fingerprint density at radius 2 is 2.07 bits per heavy atom. The van der Waals surface area contributed by atoms with E-state index in [0.29, 0.717) is 29.2 Å². The van der Waals surface area contributed by atoms with Gasteiger partial charge < -0.3 is 13.8 Å². The zero-order chi connectivity index (χ0) is 21.1. The quantitative estimate of drug-likeness (QED) is 0.372. The van der Waals surface area contributed by atoms with Gasteiger partial charge in [-0.25, -0.2) is 4.98 Å². The number of nitrogens with zero attached hydrogens (tertiary/aromatic N) is 6. The van der Waals surface area contributed by atoms with Crippen LogP contribution in [0.2, 0.25) is 5.02 Å². The summed E-state index contributed by atoms with van der Waals surface area (Å²) in [4.78, 5) is 8.77. The Bertz CT molecular complexity index is 1140. The van der Waals surface area contributed by atoms with E-state index in [1.165, 1.54) is 11.8 Å². The summed E-state index contributed by atoms with van der Waals surface area (Å²) in [5.41, 5.74) is 1.65. The first-order valence-corrected chi connectivity index (χ1v) is 10.5. The van der Waals surface area contributed by atoms with E-state index in [0.717, 1.165) is 22.1 Å². The predicted molar refractivity (Wildman–Crippen MR) is 114 cm³/mol. The van der Waals surface area contributed by atoms with Gasteiger partial charge in [0.25, 0.3) is 5.89 Å². The van der Waals surface area contributed by atoms with Crippen molar-refractivity contribution < 1.29 is 9.26 Å². The highest BCUT2D eigenvalue weighted by Crippen LogP contribution is 2.35. The molecule has 0 bridgehead atoms. The van der Waals surface area contributed by atoms with E-state index >= 15 is 0 Å². The van der Waals surface area contributed by atoms with Crippen molar-refractivity contribution in [2.24, 2.45) is 0 Å². The van der Waals surface area contributed by atoms with Crippen molar-refractivity contribution in [1.82, 2.24) is 29.9 Å². The molecule has 0 saturated heterocycles. The molecule has 4 rings (SSSR count). The van der Waals surface area contributed by atoms with Crippen LogP contribution in [-0.2, 0) is 6.54 Å². The topological polar surface area (TPSA) is 91.8 Å². The fraction of sp³-hybridized carbons (Fsp3) is 0.250. The molecule has 0 fully saturated rings. The average Bonchev–Trinajstić information content (AvgIpc) is 3.41. The van der Waals surface area contributed by atoms with Crippen molar-refractivity contribution >= 4 is 23.4 Å². The second-order valence-electron chi connectivity index (χ2n) is 6.37. The van der Waals surface area contributed by atoms with Crippen LogP contribution in [0, 0.1) is 0 Å². The molecule has 154 valence electrons. The van der Waals surface area contributed by atoms with Crippen molar-refractivity contribution in [2.45, 2.75) is 30.8 Å². The van der Waals surface area contributed by atoms with Crippen molar-refractivity contribution in [2.75, 3.05) is 7.11 Å². The van der Waals surface area contributed by atoms with Crippen molar-refractivity contribution in [3.8, 4) is 28.7 Å². The maximum atomic E-state index is 6.05. The largest absolute Gasteiger partial charge is 0.481 e. The van der Waals surface area contributed by atoms with Crippen molar-refractivity contribution in [3.63, 3.8) is 0 Å². The van der Waals surface area contributed by atoms with Gasteiger partial charge in [-0.1, -0.05) is 34.6 Å². The third-order valence-corrected chi connectivity index (χ3v) is 5.71. The molecule has 8 nitrogen and oxygen atoms in total. The Morgan fingerprint density at radius 3 is 2.77 bits per heavy atom. The van der Waals surface area contributed by atoms with E-state index in [-0.39, 0.29) is 5.25 Å². The van der Waals surface area contributed by atoms with E-state index < -0.39 is 0 Å². The minimum atomic E-state index is -0.0852. The summed E-state index contributed by atoms with van der Waals surface area (Å²) in [6.45, 7) is 4.76. The molecule has 0 spiro atoms. The highest BCUT2D eigenvalue weighted by Gasteiger charge is 2.21. The van der Waals surface area contributed by atoms with Crippen LogP contribution < -0.4 is 4.74 Å². The predicted octanol–water partition coefficient (Wildman–Crippen LogP) is 4.93. The van der Waals surface area contributed by atoms with Gasteiger partial charge in [-0.2, -0.15) is 4.98 Å². The van der Waals surface area contributed by atoms with Crippen LogP contribution in [-0.4, -0.2) is 37.0 Å². The summed E-state index contributed by atoms with van der Waals surface area (Å²) in [6, 6.07) is 11.0. The van der Waals surface area contributed by atoms with Crippen molar-refractivity contribution in [1.29, 1.82) is 0 Å². The first-order chi connectivity index (χ1) is 14.6. The smallest absolute Gasteiger partial charge is 0.258 e. The number of pyridine rings is 1. The summed E-state index contributed by atoms with van der Waals surface area (Å²) < 4.78 is 12.6. The number of rotatable bonds is 7. The van der Waals surface area contributed by atoms with Gasteiger partial charge in [0.1, 0.15) is 0 Å². The normalized spacial score (nSPS) is 12.1. The summed E-state index contributed by atoms with van der Waals surface area (Å²) in [7, 11) is 1.59. The van der Waals surface area contributed by atoms with E-state index in [4.69, 9.17) is 20.9 Å². The lowest BCUT2D eigenvalue weighted by Gasteiger charge is -2.09. The number of hydrogen-bond donors (Lipinski definition) is 0. The molecule has 0 saturated carbocycles. The molecule has 1 unspecified atom stereocenters. The van der Waals surface area contributed by atoms with Gasteiger partial charge in [0.15, 0.2) is 16.8 Å². The highest BCUT2D eigenvalue weighted by atomic mass is 35.5. The number of ether oxygens (including phenoxy) is 1. The van der Waals surface area contributed by atoms with E-state index in [1.54, 1.807) is 31.5 Å². The Hall–Kier alpha value is -2.91. The van der Waals surface area contributed by atoms with Crippen LogP contribution in [0.5, 0.6) is 5.88 Å². The lowest BCUT2D eigenvalue weighted by Crippen LogP contribution is -2.02. The van der Waals surface area contributed by atoms with Gasteiger partial charge >= 0.3 is 0 Å². The maximum Gasteiger partial charge on any atom is 0.258 e. The SMILES string of the molecule is CCn1c(SC(C)c2noc(-c3cccc(Cl)c3)n2)nnc1-c1ccc(OC)nc1. The van der Waals surface area contributed by atoms with Gasteiger partial charge in [0, 0.05) is 35.0 Å². The third kappa shape index (κ3) is 4.17. The number of thioether (sulfide) groups is 1. The number of hydrogen-bond acceptors (Lipinski definition) is 8. The van der Waals surface area contributed by atoms with Gasteiger partial charge in [-0.3, -0.25) is 0 Å². The number of halogens is 1. The van der Waals surface area contributed by atoms with E-state index in [1.807, 2.05) is 36.6 Å². The molecule has 30 heavy (non-hydrogen) atoms. The summed E-state index contributed by atoms with van der Waals surface area (Å²) in [6.07, 6.45) is 1.73. The number of methoxy groups -OCH3 is 1. The fourth-order valence-electron chi connectivity index (χ4n) is 2.86. The third-order valence-electron chi connectivity index (χ3n) is 4.40. The Morgan fingerprint density at radius 1 is 1.20 bits per heavy atom. The lowest BCUT2D eigenvalue weighted by molar-refractivity contribution is 0.398. The molecule has 4 aromatic rings. The van der Waals surface area contributed by atoms with Gasteiger partial charge in [-0.05, 0) is 38.1 Å². The molecule has 0 N–H and O–H groups in total. The van der Waals surface area contributed by atoms with Crippen LogP contribution >= 0.6 is 23.4 Å². The summed E-state index contributed by atoms with van der Waals surface area (Å²) in [5, 5.41) is 14.1. The average molecular weight is 443 g/mol. The Balaban J connectivity index is 1.55. The van der Waals surface area contributed by atoms with Crippen LogP contribution in [0.4, 0.5) is 0 Å². The van der Waals surface area contributed by atoms with Gasteiger partial charge in [0.2, 0.25) is 5.88 Å². The summed E-state index contributed by atoms with van der Waals surface area (Å²) >= 11 is 7.57. The van der Waals surface area contributed by atoms with E-state index in [9.17, 15) is 0 Å². The second-order valence-corrected chi connectivity index (χ2v) is 8.11. The standard InChI is InChI=1S/C20H19ClN6O2S/c1-4-27-18(14-8-9-16(28-3)22-11-14)24-25-20(27)30-12(2)17-23-19(29-26-17)13-6-5-7-15(21)10-13/h5-12H,4H2,1-3H3. The fourth-order valence-corrected chi connectivity index (χ4v) is 4.00. The Labute approximate surface area is 182 Å². The van der Waals surface area contributed by atoms with Gasteiger partial charge in [-0.15, -0.1) is 10.2 Å². The molecule has 0 radical (unpaired) electrons. The first kappa shape index (κ1) is 20.4. The zero-order valence-corrected chi connectivity index (χ0v) is 18.2. The summed E-state index contributed by atoms with van der Waals surface area (Å²) in [5.74, 6) is 2.31.